The van der Waals surface area contributed by atoms with Crippen molar-refractivity contribution in [3.8, 4) is 0 Å². The van der Waals surface area contributed by atoms with Crippen molar-refractivity contribution in [2.75, 3.05) is 6.54 Å². The third-order valence-corrected chi connectivity index (χ3v) is 2.67. The number of Topliss-reactive ketones (excluding diaryl/α,β-unsaturated/α-hetero) is 1. The molecule has 1 saturated heterocycles. The van der Waals surface area contributed by atoms with Crippen molar-refractivity contribution in [1.82, 2.24) is 4.90 Å². The molecular formula is C12H21NO2. The van der Waals surface area contributed by atoms with Crippen molar-refractivity contribution in [2.24, 2.45) is 11.8 Å². The zero-order valence-electron chi connectivity index (χ0n) is 10.1. The topological polar surface area (TPSA) is 37.4 Å². The summed E-state index contributed by atoms with van der Waals surface area (Å²) in [5, 5.41) is 0. The molecule has 0 bridgehead atoms. The summed E-state index contributed by atoms with van der Waals surface area (Å²) in [5.41, 5.74) is 0. The van der Waals surface area contributed by atoms with Gasteiger partial charge in [0, 0.05) is 19.0 Å². The highest BCUT2D eigenvalue weighted by Gasteiger charge is 2.38. The molecule has 0 aromatic heterocycles. The molecule has 1 unspecified atom stereocenters. The van der Waals surface area contributed by atoms with Crippen LogP contribution in [0.15, 0.2) is 0 Å². The van der Waals surface area contributed by atoms with Gasteiger partial charge in [-0.05, 0) is 18.3 Å². The van der Waals surface area contributed by atoms with E-state index in [2.05, 4.69) is 27.7 Å². The lowest BCUT2D eigenvalue weighted by molar-refractivity contribution is -0.140. The molecule has 1 aliphatic rings. The zero-order chi connectivity index (χ0) is 11.6. The summed E-state index contributed by atoms with van der Waals surface area (Å²) in [5.74, 6) is 0.480. The summed E-state index contributed by atoms with van der Waals surface area (Å²) in [7, 11) is 0. The van der Waals surface area contributed by atoms with E-state index >= 15 is 0 Å². The van der Waals surface area contributed by atoms with Crippen molar-refractivity contribution in [1.29, 1.82) is 0 Å². The quantitative estimate of drug-likeness (QED) is 0.666. The molecule has 0 N–H and O–H groups in total. The van der Waals surface area contributed by atoms with Crippen molar-refractivity contribution in [2.45, 2.75) is 46.6 Å². The minimum Gasteiger partial charge on any atom is -0.332 e. The van der Waals surface area contributed by atoms with Gasteiger partial charge in [-0.3, -0.25) is 9.59 Å². The smallest absolute Gasteiger partial charge is 0.290 e. The predicted octanol–water partition coefficient (Wildman–Crippen LogP) is 1.86. The Hall–Kier alpha value is -0.860. The number of carbonyl (C=O) groups is 2. The van der Waals surface area contributed by atoms with Crippen LogP contribution in [0.2, 0.25) is 0 Å². The Labute approximate surface area is 91.8 Å². The fourth-order valence-electron chi connectivity index (χ4n) is 2.12. The van der Waals surface area contributed by atoms with E-state index in [1.807, 2.05) is 0 Å². The highest BCUT2D eigenvalue weighted by atomic mass is 16.2. The van der Waals surface area contributed by atoms with E-state index < -0.39 is 0 Å². The van der Waals surface area contributed by atoms with Gasteiger partial charge in [0.1, 0.15) is 0 Å². The molecular weight excluding hydrogens is 190 g/mol. The molecule has 0 saturated carbocycles. The van der Waals surface area contributed by atoms with E-state index in [0.717, 1.165) is 6.42 Å². The van der Waals surface area contributed by atoms with Crippen LogP contribution in [0.4, 0.5) is 0 Å². The highest BCUT2D eigenvalue weighted by molar-refractivity contribution is 6.38. The van der Waals surface area contributed by atoms with Crippen LogP contribution in [0.1, 0.15) is 40.5 Å². The van der Waals surface area contributed by atoms with Gasteiger partial charge in [0.2, 0.25) is 5.78 Å². The molecule has 1 fully saturated rings. The molecule has 0 aromatic rings. The van der Waals surface area contributed by atoms with E-state index in [1.54, 1.807) is 4.90 Å². The van der Waals surface area contributed by atoms with Crippen molar-refractivity contribution < 1.29 is 9.59 Å². The molecule has 1 amide bonds. The molecule has 0 aliphatic carbocycles. The summed E-state index contributed by atoms with van der Waals surface area (Å²) in [6.45, 7) is 9.11. The van der Waals surface area contributed by atoms with Crippen LogP contribution < -0.4 is 0 Å². The van der Waals surface area contributed by atoms with E-state index in [0.29, 0.717) is 24.8 Å². The van der Waals surface area contributed by atoms with Crippen LogP contribution in [-0.2, 0) is 9.59 Å². The third-order valence-electron chi connectivity index (χ3n) is 2.67. The maximum atomic E-state index is 11.6. The normalized spacial score (nSPS) is 22.3. The van der Waals surface area contributed by atoms with Gasteiger partial charge < -0.3 is 4.90 Å². The second-order valence-electron chi connectivity index (χ2n) is 5.26. The average molecular weight is 211 g/mol. The molecule has 3 heteroatoms. The SMILES string of the molecule is CC(C)CC1CC(=O)C(=O)N1CC(C)C. The average Bonchev–Trinajstić information content (AvgIpc) is 2.31. The largest absolute Gasteiger partial charge is 0.332 e. The summed E-state index contributed by atoms with van der Waals surface area (Å²) in [6, 6.07) is 0.146. The maximum Gasteiger partial charge on any atom is 0.290 e. The van der Waals surface area contributed by atoms with Gasteiger partial charge in [-0.1, -0.05) is 27.7 Å². The number of carbonyl (C=O) groups excluding carboxylic acids is 2. The van der Waals surface area contributed by atoms with Crippen LogP contribution in [0.25, 0.3) is 0 Å². The van der Waals surface area contributed by atoms with Crippen LogP contribution >= 0.6 is 0 Å². The van der Waals surface area contributed by atoms with Crippen LogP contribution in [0, 0.1) is 11.8 Å². The van der Waals surface area contributed by atoms with Crippen molar-refractivity contribution in [3.05, 3.63) is 0 Å². The standard InChI is InChI=1S/C12H21NO2/c1-8(2)5-10-6-11(14)12(15)13(10)7-9(3)4/h8-10H,5-7H2,1-4H3. The summed E-state index contributed by atoms with van der Waals surface area (Å²) in [6.07, 6.45) is 1.36. The van der Waals surface area contributed by atoms with Gasteiger partial charge in [0.05, 0.1) is 0 Å². The molecule has 1 rings (SSSR count). The number of hydrogen-bond acceptors (Lipinski definition) is 2. The maximum absolute atomic E-state index is 11.6. The van der Waals surface area contributed by atoms with Gasteiger partial charge in [0.25, 0.3) is 5.91 Å². The van der Waals surface area contributed by atoms with Gasteiger partial charge in [-0.15, -0.1) is 0 Å². The Morgan fingerprint density at radius 2 is 1.80 bits per heavy atom. The number of nitrogens with zero attached hydrogens (tertiary/aromatic N) is 1. The molecule has 1 atom stereocenters. The lowest BCUT2D eigenvalue weighted by Gasteiger charge is -2.26. The molecule has 0 spiro atoms. The Kier molecular flexibility index (Phi) is 3.89. The number of ketones is 1. The van der Waals surface area contributed by atoms with Crippen molar-refractivity contribution in [3.63, 3.8) is 0 Å². The van der Waals surface area contributed by atoms with E-state index in [9.17, 15) is 9.59 Å². The summed E-state index contributed by atoms with van der Waals surface area (Å²) >= 11 is 0. The minimum atomic E-state index is -0.269. The first kappa shape index (κ1) is 12.2. The Bertz CT molecular complexity index is 258. The molecule has 0 radical (unpaired) electrons. The first-order valence-electron chi connectivity index (χ1n) is 5.75. The molecule has 3 nitrogen and oxygen atoms in total. The van der Waals surface area contributed by atoms with E-state index in [4.69, 9.17) is 0 Å². The van der Waals surface area contributed by atoms with Crippen LogP contribution in [-0.4, -0.2) is 29.2 Å². The predicted molar refractivity (Wildman–Crippen MR) is 59.4 cm³/mol. The van der Waals surface area contributed by atoms with Gasteiger partial charge >= 0.3 is 0 Å². The summed E-state index contributed by atoms with van der Waals surface area (Å²) < 4.78 is 0. The number of likely N-dealkylation sites (tertiary alicyclic amines) is 1. The monoisotopic (exact) mass is 211 g/mol. The number of rotatable bonds is 4. The van der Waals surface area contributed by atoms with Gasteiger partial charge in [0.15, 0.2) is 0 Å². The lowest BCUT2D eigenvalue weighted by Crippen LogP contribution is -2.37. The Balaban J connectivity index is 2.68. The zero-order valence-corrected chi connectivity index (χ0v) is 10.1. The molecule has 1 aliphatic heterocycles. The second kappa shape index (κ2) is 4.77. The number of amides is 1. The molecule has 0 aromatic carbocycles. The van der Waals surface area contributed by atoms with Crippen LogP contribution in [0.3, 0.4) is 0 Å². The number of hydrogen-bond donors (Lipinski definition) is 0. The second-order valence-corrected chi connectivity index (χ2v) is 5.26. The first-order chi connectivity index (χ1) is 6.91. The minimum absolute atomic E-state index is 0.146. The Morgan fingerprint density at radius 1 is 1.20 bits per heavy atom. The lowest BCUT2D eigenvalue weighted by atomic mass is 10.0. The molecule has 1 heterocycles. The summed E-state index contributed by atoms with van der Waals surface area (Å²) in [4.78, 5) is 24.7. The van der Waals surface area contributed by atoms with E-state index in [1.165, 1.54) is 0 Å². The fourth-order valence-corrected chi connectivity index (χ4v) is 2.12. The fraction of sp³-hybridized carbons (Fsp3) is 0.833. The molecule has 15 heavy (non-hydrogen) atoms. The first-order valence-corrected chi connectivity index (χ1v) is 5.75. The molecule has 86 valence electrons. The van der Waals surface area contributed by atoms with E-state index in [-0.39, 0.29) is 17.7 Å². The highest BCUT2D eigenvalue weighted by Crippen LogP contribution is 2.23. The van der Waals surface area contributed by atoms with Gasteiger partial charge in [-0.25, -0.2) is 0 Å². The van der Waals surface area contributed by atoms with Gasteiger partial charge in [-0.2, -0.15) is 0 Å². The Morgan fingerprint density at radius 3 is 2.27 bits per heavy atom. The van der Waals surface area contributed by atoms with Crippen LogP contribution in [0.5, 0.6) is 0 Å². The van der Waals surface area contributed by atoms with Crippen molar-refractivity contribution >= 4 is 11.7 Å². The third kappa shape index (κ3) is 3.05.